The van der Waals surface area contributed by atoms with Crippen molar-refractivity contribution in [2.75, 3.05) is 6.61 Å². The maximum absolute atomic E-state index is 12.7. The molecule has 0 aromatic carbocycles. The summed E-state index contributed by atoms with van der Waals surface area (Å²) in [5.74, 6) is -2.66. The number of nitrogens with one attached hydrogen (secondary N) is 4. The van der Waals surface area contributed by atoms with Crippen LogP contribution in [0.15, 0.2) is 18.0 Å². The summed E-state index contributed by atoms with van der Waals surface area (Å²) in [4.78, 5) is 46.4. The number of carbonyl (C=O) groups is 3. The minimum atomic E-state index is -1.16. The van der Waals surface area contributed by atoms with Crippen molar-refractivity contribution in [2.45, 2.75) is 53.9 Å². The van der Waals surface area contributed by atoms with Gasteiger partial charge in [-0.15, -0.1) is 0 Å². The van der Waals surface area contributed by atoms with E-state index in [2.05, 4.69) is 46.8 Å². The normalized spacial score (nSPS) is 17.3. The molecule has 5 rings (SSSR count). The molecular weight excluding hydrogens is 560 g/mol. The van der Waals surface area contributed by atoms with Crippen LogP contribution in [0.5, 0.6) is 0 Å². The third-order valence-electron chi connectivity index (χ3n) is 9.07. The van der Waals surface area contributed by atoms with E-state index in [9.17, 15) is 24.6 Å². The second kappa shape index (κ2) is 11.9. The minimum Gasteiger partial charge on any atom is -0.481 e. The van der Waals surface area contributed by atoms with Gasteiger partial charge in [0, 0.05) is 62.1 Å². The third-order valence-corrected chi connectivity index (χ3v) is 9.07. The lowest BCUT2D eigenvalue weighted by molar-refractivity contribution is -0.135. The molecule has 0 saturated carbocycles. The second-order valence-electron chi connectivity index (χ2n) is 11.5. The first kappa shape index (κ1) is 30.5. The van der Waals surface area contributed by atoms with Crippen LogP contribution in [0.4, 0.5) is 0 Å². The molecule has 8 bridgehead atoms. The highest BCUT2D eigenvalue weighted by Gasteiger charge is 2.37. The highest BCUT2D eigenvalue weighted by atomic mass is 16.5. The maximum Gasteiger partial charge on any atom is 0.338 e. The van der Waals surface area contributed by atoms with Gasteiger partial charge in [0.25, 0.3) is 6.47 Å². The Bertz CT molecular complexity index is 1880. The largest absolute Gasteiger partial charge is 0.481 e. The molecule has 1 saturated heterocycles. The average Bonchev–Trinajstić information content (AvgIpc) is 3.65. The van der Waals surface area contributed by atoms with Crippen LogP contribution in [0.1, 0.15) is 87.6 Å². The number of hydrogen-bond acceptors (Lipinski definition) is 5. The summed E-state index contributed by atoms with van der Waals surface area (Å²) in [5.41, 5.74) is 9.01. The summed E-state index contributed by atoms with van der Waals surface area (Å²) in [7, 11) is 0. The van der Waals surface area contributed by atoms with Gasteiger partial charge in [-0.05, 0) is 74.1 Å². The lowest BCUT2D eigenvalue weighted by Crippen LogP contribution is -2.16. The fourth-order valence-corrected chi connectivity index (χ4v) is 6.67. The molecule has 2 aliphatic rings. The first-order chi connectivity index (χ1) is 21.0. The van der Waals surface area contributed by atoms with Crippen LogP contribution in [0.2, 0.25) is 0 Å². The van der Waals surface area contributed by atoms with Gasteiger partial charge in [0.05, 0.1) is 24.3 Å². The number of carboxylic acid groups (broad SMARTS) is 2. The van der Waals surface area contributed by atoms with Crippen LogP contribution >= 0.6 is 0 Å². The Morgan fingerprint density at radius 1 is 0.977 bits per heavy atom. The van der Waals surface area contributed by atoms with Crippen molar-refractivity contribution < 1.29 is 29.3 Å². The number of allylic oxidation sites excluding steroid dienone is 2. The molecule has 0 spiro atoms. The summed E-state index contributed by atoms with van der Waals surface area (Å²) in [6, 6.07) is 0. The maximum atomic E-state index is 12.7. The zero-order chi connectivity index (χ0) is 31.9. The van der Waals surface area contributed by atoms with E-state index in [-0.39, 0.29) is 29.7 Å². The SMILES string of the molecule is C=Cc1c2[nH]c(c1C)C=C1NC(=C(CC(=O)O)c3[nH]c(c(C)c3C(=O)O)C=c3[nH]c(c(C)c3CC)=C2)C(CCOC=O)C1C. The smallest absolute Gasteiger partial charge is 0.338 e. The Labute approximate surface area is 254 Å². The monoisotopic (exact) mass is 598 g/mol. The van der Waals surface area contributed by atoms with E-state index >= 15 is 0 Å². The number of aromatic nitrogens is 3. The van der Waals surface area contributed by atoms with Gasteiger partial charge in [-0.3, -0.25) is 9.59 Å². The van der Waals surface area contributed by atoms with Crippen LogP contribution in [-0.4, -0.2) is 50.2 Å². The molecule has 2 unspecified atom stereocenters. The lowest BCUT2D eigenvalue weighted by atomic mass is 9.86. The average molecular weight is 599 g/mol. The Morgan fingerprint density at radius 2 is 1.68 bits per heavy atom. The summed E-state index contributed by atoms with van der Waals surface area (Å²) in [6.07, 6.45) is 8.55. The molecule has 1 fully saturated rings. The number of carboxylic acids is 2. The predicted octanol–water partition coefficient (Wildman–Crippen LogP) is 4.12. The molecule has 3 aromatic heterocycles. The fourth-order valence-electron chi connectivity index (χ4n) is 6.67. The summed E-state index contributed by atoms with van der Waals surface area (Å²) in [5, 5.41) is 25.7. The van der Waals surface area contributed by atoms with Crippen molar-refractivity contribution in [3.8, 4) is 0 Å². The zero-order valence-electron chi connectivity index (χ0n) is 25.6. The van der Waals surface area contributed by atoms with Gasteiger partial charge in [-0.2, -0.15) is 0 Å². The molecule has 2 atom stereocenters. The van der Waals surface area contributed by atoms with Crippen LogP contribution in [-0.2, 0) is 20.7 Å². The highest BCUT2D eigenvalue weighted by Crippen LogP contribution is 2.42. The van der Waals surface area contributed by atoms with E-state index in [1.165, 1.54) is 0 Å². The van der Waals surface area contributed by atoms with Crippen molar-refractivity contribution in [3.63, 3.8) is 0 Å². The van der Waals surface area contributed by atoms with Gasteiger partial charge in [0.2, 0.25) is 0 Å². The van der Waals surface area contributed by atoms with Gasteiger partial charge in [0.15, 0.2) is 0 Å². The molecule has 0 radical (unpaired) electrons. The Kier molecular flexibility index (Phi) is 8.27. The molecular formula is C34H38N4O6. The summed E-state index contributed by atoms with van der Waals surface area (Å²) in [6.45, 7) is 14.5. The Morgan fingerprint density at radius 3 is 2.32 bits per heavy atom. The van der Waals surface area contributed by atoms with Crippen LogP contribution in [0.3, 0.4) is 0 Å². The number of hydrogen-bond donors (Lipinski definition) is 6. The van der Waals surface area contributed by atoms with E-state index in [0.717, 1.165) is 56.5 Å². The quantitative estimate of drug-likeness (QED) is 0.160. The molecule has 10 nitrogen and oxygen atoms in total. The van der Waals surface area contributed by atoms with Crippen molar-refractivity contribution in [2.24, 2.45) is 11.8 Å². The standard InChI is InChI=1S/C34H38N4O6/c1-7-20-16(3)24-12-26-18(5)22(9-10-44-15-39)32(37-26)23(11-30(40)41)33-31(34(42)43)19(6)27(38-33)14-29-21(8-2)17(4)25(36-29)13-28(20)35-24/h7,12-15,18,22,35-38H,1,8-11H2,2-6H3,(H,40,41)(H,42,43). The molecule has 6 N–H and O–H groups in total. The number of H-pyrrole nitrogens is 3. The van der Waals surface area contributed by atoms with Crippen LogP contribution in [0, 0.1) is 32.6 Å². The van der Waals surface area contributed by atoms with Gasteiger partial charge in [-0.25, -0.2) is 4.79 Å². The fraction of sp³-hybridized carbons (Fsp3) is 0.324. The first-order valence-corrected chi connectivity index (χ1v) is 14.7. The molecule has 44 heavy (non-hydrogen) atoms. The van der Waals surface area contributed by atoms with Gasteiger partial charge in [-0.1, -0.05) is 26.5 Å². The van der Waals surface area contributed by atoms with Crippen molar-refractivity contribution in [3.05, 3.63) is 84.8 Å². The molecule has 0 aliphatic carbocycles. The van der Waals surface area contributed by atoms with Crippen molar-refractivity contribution >= 4 is 48.3 Å². The van der Waals surface area contributed by atoms with E-state index in [0.29, 0.717) is 35.4 Å². The van der Waals surface area contributed by atoms with E-state index in [4.69, 9.17) is 4.74 Å². The number of aromatic amines is 3. The Balaban J connectivity index is 1.93. The van der Waals surface area contributed by atoms with E-state index < -0.39 is 18.4 Å². The topological polar surface area (TPSA) is 160 Å². The molecule has 3 aromatic rings. The number of fused-ring (bicyclic) bond motifs is 8. The summed E-state index contributed by atoms with van der Waals surface area (Å²) >= 11 is 0. The number of rotatable bonds is 9. The molecule has 2 aliphatic heterocycles. The van der Waals surface area contributed by atoms with Crippen LogP contribution in [0.25, 0.3) is 29.9 Å². The van der Waals surface area contributed by atoms with Gasteiger partial charge < -0.3 is 35.2 Å². The number of carbonyl (C=O) groups excluding carboxylic acids is 1. The van der Waals surface area contributed by atoms with E-state index in [1.807, 2.05) is 32.1 Å². The van der Waals surface area contributed by atoms with Gasteiger partial charge >= 0.3 is 11.9 Å². The first-order valence-electron chi connectivity index (χ1n) is 14.7. The van der Waals surface area contributed by atoms with Crippen LogP contribution < -0.4 is 16.0 Å². The zero-order valence-corrected chi connectivity index (χ0v) is 25.6. The molecule has 5 heterocycles. The molecule has 230 valence electrons. The predicted molar refractivity (Wildman–Crippen MR) is 169 cm³/mol. The summed E-state index contributed by atoms with van der Waals surface area (Å²) < 4.78 is 5.05. The highest BCUT2D eigenvalue weighted by molar-refractivity contribution is 5.99. The molecule has 10 heteroatoms. The lowest BCUT2D eigenvalue weighted by Gasteiger charge is -2.18. The third kappa shape index (κ3) is 5.21. The number of ether oxygens (including phenoxy) is 1. The number of aromatic carboxylic acids is 1. The molecule has 0 amide bonds. The van der Waals surface area contributed by atoms with Crippen molar-refractivity contribution in [1.29, 1.82) is 0 Å². The Hall–Kier alpha value is -4.99. The van der Waals surface area contributed by atoms with Crippen molar-refractivity contribution in [1.82, 2.24) is 20.3 Å². The minimum absolute atomic E-state index is 0.0206. The second-order valence-corrected chi connectivity index (χ2v) is 11.5. The number of aliphatic carboxylic acids is 1. The van der Waals surface area contributed by atoms with E-state index in [1.54, 1.807) is 6.92 Å². The van der Waals surface area contributed by atoms with Gasteiger partial charge in [0.1, 0.15) is 0 Å².